The van der Waals surface area contributed by atoms with E-state index < -0.39 is 0 Å². The van der Waals surface area contributed by atoms with Crippen LogP contribution in [0.1, 0.15) is 80.8 Å². The van der Waals surface area contributed by atoms with Crippen molar-refractivity contribution >= 4 is 29.0 Å². The van der Waals surface area contributed by atoms with E-state index in [0.29, 0.717) is 34.0 Å². The summed E-state index contributed by atoms with van der Waals surface area (Å²) in [5.41, 5.74) is 2.67. The predicted molar refractivity (Wildman–Crippen MR) is 112 cm³/mol. The molecule has 0 saturated heterocycles. The van der Waals surface area contributed by atoms with Gasteiger partial charge in [-0.25, -0.2) is 4.39 Å². The Morgan fingerprint density at radius 2 is 1.48 bits per heavy atom. The fourth-order valence-electron chi connectivity index (χ4n) is 3.07. The molecule has 5 heteroatoms. The number of aryl methyl sites for hydroxylation is 2. The molecule has 1 N–H and O–H groups in total. The summed E-state index contributed by atoms with van der Waals surface area (Å²) in [4.78, 5) is 15.5. The third kappa shape index (κ3) is 4.75. The molecule has 2 nitrogen and oxygen atoms in total. The Hall–Kier alpha value is -1.32. The molecule has 0 unspecified atom stereocenters. The highest BCUT2D eigenvalue weighted by atomic mass is 35.5. The van der Waals surface area contributed by atoms with Crippen molar-refractivity contribution < 1.29 is 9.18 Å². The predicted octanol–water partition coefficient (Wildman–Crippen LogP) is 7.18. The number of Topliss-reactive ketones (excluding diaryl/α,β-unsaturated/α-hetero) is 1. The van der Waals surface area contributed by atoms with Crippen LogP contribution in [0, 0.1) is 12.7 Å². The fourth-order valence-corrected chi connectivity index (χ4v) is 3.50. The molecule has 0 saturated carbocycles. The van der Waals surface area contributed by atoms with E-state index in [1.807, 2.05) is 53.7 Å². The number of ketones is 1. The van der Waals surface area contributed by atoms with E-state index in [4.69, 9.17) is 23.2 Å². The zero-order valence-electron chi connectivity index (χ0n) is 17.1. The highest BCUT2D eigenvalue weighted by molar-refractivity contribution is 6.44. The lowest BCUT2D eigenvalue weighted by molar-refractivity contribution is 0.0978. The van der Waals surface area contributed by atoms with Gasteiger partial charge in [0.2, 0.25) is 0 Å². The maximum absolute atomic E-state index is 15.1. The van der Waals surface area contributed by atoms with Crippen molar-refractivity contribution in [2.45, 2.75) is 72.1 Å². The lowest BCUT2D eigenvalue weighted by atomic mass is 9.78. The third-order valence-corrected chi connectivity index (χ3v) is 5.67. The maximum Gasteiger partial charge on any atom is 0.180 e. The molecular formula is C22H28Cl2FNO. The van der Waals surface area contributed by atoms with Crippen molar-refractivity contribution in [3.63, 3.8) is 0 Å². The van der Waals surface area contributed by atoms with Crippen molar-refractivity contribution in [2.24, 2.45) is 0 Å². The molecule has 2 aromatic rings. The number of hydrogen-bond acceptors (Lipinski definition) is 1. The van der Waals surface area contributed by atoms with E-state index in [0.717, 1.165) is 5.56 Å². The Balaban J connectivity index is 2.36. The quantitative estimate of drug-likeness (QED) is 0.530. The topological polar surface area (TPSA) is 32.9 Å². The highest BCUT2D eigenvalue weighted by Gasteiger charge is 2.27. The number of rotatable bonds is 4. The molecule has 2 rings (SSSR count). The van der Waals surface area contributed by atoms with Gasteiger partial charge in [0.1, 0.15) is 11.5 Å². The average Bonchev–Trinajstić information content (AvgIpc) is 2.79. The van der Waals surface area contributed by atoms with Crippen molar-refractivity contribution in [3.8, 4) is 0 Å². The standard InChI is InChI=1S/C22H28Cl2FNO/c1-12-17(23)18(24)20(26-12)16(27)9-8-13-10-14(21(2,3)4)19(25)15(11-13)22(5,6)7/h10-11,26H,8-9H2,1-7H3. The minimum absolute atomic E-state index is 0.103. The van der Waals surface area contributed by atoms with Gasteiger partial charge >= 0.3 is 0 Å². The molecule has 0 aliphatic rings. The molecule has 0 bridgehead atoms. The second-order valence-electron chi connectivity index (χ2n) is 9.18. The van der Waals surface area contributed by atoms with Crippen molar-refractivity contribution in [3.05, 3.63) is 56.1 Å². The normalized spacial score (nSPS) is 12.5. The van der Waals surface area contributed by atoms with E-state index in [1.165, 1.54) is 0 Å². The molecule has 0 atom stereocenters. The summed E-state index contributed by atoms with van der Waals surface area (Å²) in [6.07, 6.45) is 0.784. The van der Waals surface area contributed by atoms with Gasteiger partial charge in [-0.15, -0.1) is 0 Å². The van der Waals surface area contributed by atoms with Crippen LogP contribution >= 0.6 is 23.2 Å². The van der Waals surface area contributed by atoms with E-state index in [9.17, 15) is 4.79 Å². The van der Waals surface area contributed by atoms with Crippen molar-refractivity contribution in [2.75, 3.05) is 0 Å². The van der Waals surface area contributed by atoms with Gasteiger partial charge in [0.15, 0.2) is 5.78 Å². The van der Waals surface area contributed by atoms with Gasteiger partial charge < -0.3 is 4.98 Å². The largest absolute Gasteiger partial charge is 0.354 e. The van der Waals surface area contributed by atoms with E-state index in [1.54, 1.807) is 6.92 Å². The number of halogens is 3. The molecule has 148 valence electrons. The fraction of sp³-hybridized carbons (Fsp3) is 0.500. The monoisotopic (exact) mass is 411 g/mol. The summed E-state index contributed by atoms with van der Waals surface area (Å²) in [6.45, 7) is 13.8. The Morgan fingerprint density at radius 3 is 1.85 bits per heavy atom. The van der Waals surface area contributed by atoms with Crippen molar-refractivity contribution in [1.82, 2.24) is 4.98 Å². The molecule has 0 amide bonds. The minimum atomic E-state index is -0.322. The van der Waals surface area contributed by atoms with Gasteiger partial charge in [0, 0.05) is 12.1 Å². The molecular weight excluding hydrogens is 384 g/mol. The molecule has 0 fully saturated rings. The zero-order chi connectivity index (χ0) is 20.7. The van der Waals surface area contributed by atoms with Crippen LogP contribution in [0.5, 0.6) is 0 Å². The van der Waals surface area contributed by atoms with Crippen LogP contribution in [0.4, 0.5) is 4.39 Å². The number of hydrogen-bond donors (Lipinski definition) is 1. The maximum atomic E-state index is 15.1. The second-order valence-corrected chi connectivity index (χ2v) is 9.94. The first-order valence-electron chi connectivity index (χ1n) is 9.13. The lowest BCUT2D eigenvalue weighted by Crippen LogP contribution is -2.21. The summed E-state index contributed by atoms with van der Waals surface area (Å²) in [5.74, 6) is -0.256. The van der Waals surface area contributed by atoms with Crippen molar-refractivity contribution in [1.29, 1.82) is 0 Å². The van der Waals surface area contributed by atoms with E-state index in [-0.39, 0.29) is 33.9 Å². The highest BCUT2D eigenvalue weighted by Crippen LogP contribution is 2.35. The van der Waals surface area contributed by atoms with Crippen LogP contribution in [0.15, 0.2) is 12.1 Å². The molecule has 0 radical (unpaired) electrons. The first kappa shape index (κ1) is 22.0. The molecule has 0 spiro atoms. The molecule has 1 aromatic carbocycles. The summed E-state index contributed by atoms with van der Waals surface area (Å²) in [6, 6.07) is 3.76. The number of aromatic nitrogens is 1. The van der Waals surface area contributed by atoms with Gasteiger partial charge in [0.05, 0.1) is 10.0 Å². The average molecular weight is 412 g/mol. The van der Waals surface area contributed by atoms with Crippen LogP contribution in [-0.2, 0) is 17.3 Å². The molecule has 1 aromatic heterocycles. The third-order valence-electron chi connectivity index (χ3n) is 4.72. The van der Waals surface area contributed by atoms with E-state index >= 15 is 4.39 Å². The first-order chi connectivity index (χ1) is 12.2. The Labute approximate surface area is 171 Å². The first-order valence-corrected chi connectivity index (χ1v) is 9.89. The minimum Gasteiger partial charge on any atom is -0.354 e. The van der Waals surface area contributed by atoms with E-state index in [2.05, 4.69) is 4.98 Å². The summed E-state index contributed by atoms with van der Waals surface area (Å²) >= 11 is 12.2. The number of carbonyl (C=O) groups is 1. The molecule has 0 aliphatic heterocycles. The zero-order valence-corrected chi connectivity index (χ0v) is 18.6. The van der Waals surface area contributed by atoms with Crippen LogP contribution in [0.25, 0.3) is 0 Å². The Kier molecular flexibility index (Phi) is 6.18. The number of aromatic amines is 1. The number of H-pyrrole nitrogens is 1. The second kappa shape index (κ2) is 7.60. The number of benzene rings is 1. The van der Waals surface area contributed by atoms with Crippen LogP contribution in [-0.4, -0.2) is 10.8 Å². The number of nitrogens with one attached hydrogen (secondary N) is 1. The summed E-state index contributed by atoms with van der Waals surface area (Å²) in [7, 11) is 0. The van der Waals surface area contributed by atoms with Gasteiger partial charge in [-0.1, -0.05) is 76.9 Å². The molecule has 27 heavy (non-hydrogen) atoms. The SMILES string of the molecule is Cc1[nH]c(C(=O)CCc2cc(C(C)(C)C)c(F)c(C(C)(C)C)c2)c(Cl)c1Cl. The lowest BCUT2D eigenvalue weighted by Gasteiger charge is -2.27. The number of carbonyl (C=O) groups excluding carboxylic acids is 1. The van der Waals surface area contributed by atoms with Gasteiger partial charge in [-0.3, -0.25) is 4.79 Å². The Bertz CT molecular complexity index is 835. The van der Waals surface area contributed by atoms with Crippen LogP contribution < -0.4 is 0 Å². The van der Waals surface area contributed by atoms with Gasteiger partial charge in [-0.2, -0.15) is 0 Å². The van der Waals surface area contributed by atoms with Gasteiger partial charge in [0.25, 0.3) is 0 Å². The summed E-state index contributed by atoms with van der Waals surface area (Å²) in [5, 5.41) is 0.649. The summed E-state index contributed by atoms with van der Waals surface area (Å²) < 4.78 is 15.1. The van der Waals surface area contributed by atoms with Gasteiger partial charge in [-0.05, 0) is 40.9 Å². The molecule has 0 aliphatic carbocycles. The Morgan fingerprint density at radius 1 is 1.00 bits per heavy atom. The van der Waals surface area contributed by atoms with Crippen LogP contribution in [0.3, 0.4) is 0 Å². The van der Waals surface area contributed by atoms with Crippen LogP contribution in [0.2, 0.25) is 10.0 Å². The molecule has 1 heterocycles. The smallest absolute Gasteiger partial charge is 0.180 e.